The minimum absolute atomic E-state index is 0.0686. The average Bonchev–Trinajstić information content (AvgIpc) is 1.64. The third-order valence-electron chi connectivity index (χ3n) is 20.3. The molecule has 0 spiro atoms. The third-order valence-corrected chi connectivity index (χ3v) is 20.8. The van der Waals surface area contributed by atoms with Crippen LogP contribution in [-0.2, 0) is 53.1 Å². The second kappa shape index (κ2) is 36.2. The lowest BCUT2D eigenvalue weighted by Crippen LogP contribution is -2.47. The zero-order chi connectivity index (χ0) is 73.2. The second-order valence-electron chi connectivity index (χ2n) is 26.8. The fourth-order valence-electron chi connectivity index (χ4n) is 14.1. The Kier molecular flexibility index (Phi) is 26.2. The molecule has 5 aromatic heterocycles. The number of carbonyl (C=O) groups excluding carboxylic acids is 2. The van der Waals surface area contributed by atoms with E-state index in [-0.39, 0.29) is 29.2 Å². The molecular weight excluding hydrogens is 1370 g/mol. The number of likely N-dealkylation sites (tertiary alicyclic amines) is 2. The van der Waals surface area contributed by atoms with Crippen LogP contribution in [-0.4, -0.2) is 116 Å². The largest absolute Gasteiger partial charge is 0.366 e. The lowest BCUT2D eigenvalue weighted by molar-refractivity contribution is 0.0592. The summed E-state index contributed by atoms with van der Waals surface area (Å²) in [6, 6.07) is 48.6. The Hall–Kier alpha value is -9.67. The molecule has 0 bridgehead atoms. The van der Waals surface area contributed by atoms with Crippen molar-refractivity contribution in [1.29, 1.82) is 0 Å². The Labute approximate surface area is 614 Å². The summed E-state index contributed by atoms with van der Waals surface area (Å²) < 4.78 is 64.6. The Balaban J connectivity index is 0.000000164. The number of halogens is 6. The first-order chi connectivity index (χ1) is 50.4. The lowest BCUT2D eigenvalue weighted by atomic mass is 9.96. The van der Waals surface area contributed by atoms with Gasteiger partial charge in [-0.1, -0.05) is 121 Å². The highest BCUT2D eigenvalue weighted by atomic mass is 35.5. The Bertz CT molecular complexity index is 4480. The molecule has 17 nitrogen and oxygen atoms in total. The lowest BCUT2D eigenvalue weighted by Gasteiger charge is -2.38. The number of nitrogens with one attached hydrogen (secondary N) is 2. The Morgan fingerprint density at radius 2 is 0.865 bits per heavy atom. The molecule has 10 aromatic rings. The van der Waals surface area contributed by atoms with Crippen LogP contribution in [0.25, 0.3) is 5.82 Å². The SMILES string of the molecule is Cc1c(CN(CCc2ccc(Cl)cc2)C2CCN(C(=O)c3c(F)cccc3F)CC2)c(=O)n(-c2ccccn2)n1C.Cc1c(CN(CCc2ccc(Cl)cc2)C2CCN(C(=O)c3c(F)cccc3F)CC2)c(=O)n(C2CCCCC2)n1C.c1ccc(NCc2ccc(CNc3ccccn3)cc2)nc1. The van der Waals surface area contributed by atoms with E-state index in [1.54, 1.807) is 40.3 Å². The van der Waals surface area contributed by atoms with E-state index in [1.165, 1.54) is 34.6 Å². The van der Waals surface area contributed by atoms with Crippen molar-refractivity contribution in [3.8, 4) is 5.82 Å². The van der Waals surface area contributed by atoms with Crippen LogP contribution in [0.2, 0.25) is 10.0 Å². The van der Waals surface area contributed by atoms with E-state index in [0.29, 0.717) is 92.9 Å². The van der Waals surface area contributed by atoms with Crippen LogP contribution in [0.15, 0.2) is 192 Å². The summed E-state index contributed by atoms with van der Waals surface area (Å²) in [6.07, 6.45) is 14.9. The highest BCUT2D eigenvalue weighted by Crippen LogP contribution is 2.30. The molecule has 7 heterocycles. The number of hydrogen-bond donors (Lipinski definition) is 2. The van der Waals surface area contributed by atoms with Crippen molar-refractivity contribution in [3.63, 3.8) is 0 Å². The molecule has 1 aliphatic carbocycles. The number of carbonyl (C=O) groups is 2. The van der Waals surface area contributed by atoms with E-state index in [1.807, 2.05) is 133 Å². The Morgan fingerprint density at radius 3 is 1.27 bits per heavy atom. The molecular formula is C81H89Cl2F4N13O4. The minimum atomic E-state index is -0.856. The van der Waals surface area contributed by atoms with E-state index in [2.05, 4.69) is 59.7 Å². The van der Waals surface area contributed by atoms with Gasteiger partial charge in [-0.05, 0) is 172 Å². The van der Waals surface area contributed by atoms with Crippen LogP contribution >= 0.6 is 23.2 Å². The highest BCUT2D eigenvalue weighted by molar-refractivity contribution is 6.30. The molecule has 5 aromatic carbocycles. The summed E-state index contributed by atoms with van der Waals surface area (Å²) in [5, 5.41) is 7.97. The summed E-state index contributed by atoms with van der Waals surface area (Å²) in [6.45, 7) is 9.37. The number of benzene rings is 5. The van der Waals surface area contributed by atoms with Crippen LogP contribution in [0.4, 0.5) is 29.2 Å². The molecule has 0 atom stereocenters. The summed E-state index contributed by atoms with van der Waals surface area (Å²) in [5.74, 6) is -2.30. The molecule has 23 heteroatoms. The van der Waals surface area contributed by atoms with Gasteiger partial charge in [0.15, 0.2) is 5.82 Å². The van der Waals surface area contributed by atoms with Crippen LogP contribution in [0, 0.1) is 37.1 Å². The van der Waals surface area contributed by atoms with Gasteiger partial charge < -0.3 is 20.4 Å². The quantitative estimate of drug-likeness (QED) is 0.0621. The zero-order valence-corrected chi connectivity index (χ0v) is 60.7. The molecule has 544 valence electrons. The van der Waals surface area contributed by atoms with E-state index >= 15 is 0 Å². The normalized spacial score (nSPS) is 14.4. The van der Waals surface area contributed by atoms with Gasteiger partial charge in [0.1, 0.15) is 46.0 Å². The van der Waals surface area contributed by atoms with Gasteiger partial charge >= 0.3 is 0 Å². The fraction of sp³-hybridized carbons (Fsp3) is 0.346. The van der Waals surface area contributed by atoms with Gasteiger partial charge in [0.2, 0.25) is 0 Å². The van der Waals surface area contributed by atoms with E-state index < -0.39 is 46.2 Å². The molecule has 1 saturated carbocycles. The topological polar surface area (TPSA) is 164 Å². The van der Waals surface area contributed by atoms with Crippen molar-refractivity contribution in [2.45, 2.75) is 129 Å². The van der Waals surface area contributed by atoms with Gasteiger partial charge in [-0.25, -0.2) is 37.2 Å². The standard InChI is InChI=1S/C32H39ClF2N4O2.C31H32ClF2N5O2.C18H18N4/c1-22-27(31(40)39(36(22)2)26-7-4-3-5-8-26)21-38(18-15-23-11-13-24(33)14-12-23)25-16-19-37(20-17-25)32(41)30-28(34)9-6-10-29(30)35;1-21-25(30(40)39(36(21)2)28-8-3-4-16-35-28)20-38(17-13-22-9-11-23(32)12-10-22)24-14-18-37(19-15-24)31(41)29-26(33)6-5-7-27(29)34;1-3-11-19-17(5-1)21-13-15-7-9-16(10-8-15)14-22-18-6-2-4-12-20-18/h6,9-14,25-26H,3-5,7-8,15-21H2,1-2H3;3-12,16,24H,13-15,17-20H2,1-2H3;1-12H,13-14H2,(H,19,21)(H,20,22). The van der Waals surface area contributed by atoms with Gasteiger partial charge in [-0.2, -0.15) is 4.68 Å². The third kappa shape index (κ3) is 19.2. The number of piperidine rings is 2. The van der Waals surface area contributed by atoms with E-state index in [9.17, 15) is 36.7 Å². The van der Waals surface area contributed by atoms with Gasteiger partial charge in [-0.3, -0.25) is 38.3 Å². The van der Waals surface area contributed by atoms with Gasteiger partial charge in [-0.15, -0.1) is 0 Å². The number of nitrogens with zero attached hydrogens (tertiary/aromatic N) is 11. The second-order valence-corrected chi connectivity index (χ2v) is 27.7. The first kappa shape index (κ1) is 75.5. The molecule has 0 radical (unpaired) electrons. The van der Waals surface area contributed by atoms with Crippen molar-refractivity contribution in [2.75, 3.05) is 49.9 Å². The van der Waals surface area contributed by atoms with Gasteiger partial charge in [0.25, 0.3) is 22.9 Å². The number of amides is 2. The maximum Gasteiger partial charge on any atom is 0.277 e. The molecule has 2 aliphatic heterocycles. The van der Waals surface area contributed by atoms with Crippen LogP contribution in [0.1, 0.15) is 129 Å². The molecule has 3 aliphatic rings. The number of rotatable bonds is 22. The number of hydrogen-bond acceptors (Lipinski definition) is 11. The summed E-state index contributed by atoms with van der Waals surface area (Å²) in [7, 11) is 3.83. The maximum absolute atomic E-state index is 14.3. The predicted molar refractivity (Wildman–Crippen MR) is 401 cm³/mol. The van der Waals surface area contributed by atoms with Crippen LogP contribution in [0.5, 0.6) is 0 Å². The van der Waals surface area contributed by atoms with Crippen molar-refractivity contribution >= 4 is 46.7 Å². The van der Waals surface area contributed by atoms with Crippen LogP contribution in [0.3, 0.4) is 0 Å². The van der Waals surface area contributed by atoms with E-state index in [4.69, 9.17) is 23.2 Å². The first-order valence-electron chi connectivity index (χ1n) is 35.7. The summed E-state index contributed by atoms with van der Waals surface area (Å²) in [5.41, 5.74) is 7.04. The van der Waals surface area contributed by atoms with Crippen molar-refractivity contribution in [3.05, 3.63) is 292 Å². The van der Waals surface area contributed by atoms with E-state index in [0.717, 1.165) is 122 Å². The first-order valence-corrected chi connectivity index (χ1v) is 36.4. The number of anilines is 2. The van der Waals surface area contributed by atoms with Crippen molar-refractivity contribution in [2.24, 2.45) is 14.1 Å². The molecule has 3 fully saturated rings. The van der Waals surface area contributed by atoms with Crippen molar-refractivity contribution < 1.29 is 27.2 Å². The minimum Gasteiger partial charge on any atom is -0.366 e. The average molecular weight is 1460 g/mol. The summed E-state index contributed by atoms with van der Waals surface area (Å²) in [4.78, 5) is 74.0. The molecule has 2 N–H and O–H groups in total. The van der Waals surface area contributed by atoms with Gasteiger partial charge in [0.05, 0.1) is 17.2 Å². The van der Waals surface area contributed by atoms with Crippen molar-refractivity contribution in [1.82, 2.24) is 53.3 Å². The maximum atomic E-state index is 14.3. The predicted octanol–water partition coefficient (Wildman–Crippen LogP) is 15.1. The zero-order valence-electron chi connectivity index (χ0n) is 59.2. The fourth-order valence-corrected chi connectivity index (χ4v) is 14.4. The summed E-state index contributed by atoms with van der Waals surface area (Å²) >= 11 is 12.2. The van der Waals surface area contributed by atoms with Crippen LogP contribution < -0.4 is 21.8 Å². The Morgan fingerprint density at radius 1 is 0.471 bits per heavy atom. The monoisotopic (exact) mass is 1450 g/mol. The smallest absolute Gasteiger partial charge is 0.277 e. The molecule has 0 unspecified atom stereocenters. The number of pyridine rings is 3. The molecule has 2 saturated heterocycles. The highest BCUT2D eigenvalue weighted by Gasteiger charge is 2.34. The molecule has 13 rings (SSSR count). The molecule has 104 heavy (non-hydrogen) atoms. The molecule has 2 amide bonds. The number of aromatic nitrogens is 7. The van der Waals surface area contributed by atoms with Gasteiger partial charge in [0, 0.05) is 132 Å².